The van der Waals surface area contributed by atoms with Gasteiger partial charge < -0.3 is 0 Å². The van der Waals surface area contributed by atoms with Gasteiger partial charge in [-0.05, 0) is 36.0 Å². The fourth-order valence-corrected chi connectivity index (χ4v) is 4.01. The van der Waals surface area contributed by atoms with Crippen molar-refractivity contribution in [2.45, 2.75) is 32.1 Å². The highest BCUT2D eigenvalue weighted by atomic mass is 14.4. The van der Waals surface area contributed by atoms with Gasteiger partial charge in [0.1, 0.15) is 17.7 Å². The van der Waals surface area contributed by atoms with Gasteiger partial charge >= 0.3 is 0 Å². The molecule has 24 heavy (non-hydrogen) atoms. The van der Waals surface area contributed by atoms with Gasteiger partial charge in [0.05, 0.1) is 0 Å². The molecule has 0 aromatic heterocycles. The Morgan fingerprint density at radius 3 is 1.92 bits per heavy atom. The highest BCUT2D eigenvalue weighted by Crippen LogP contribution is 2.51. The van der Waals surface area contributed by atoms with E-state index in [0.29, 0.717) is 0 Å². The van der Waals surface area contributed by atoms with Gasteiger partial charge in [-0.3, -0.25) is 0 Å². The molecular formula is C22H20N2. The normalized spacial score (nSPS) is 15.2. The monoisotopic (exact) mass is 312 g/mol. The fraction of sp³-hybridized carbons (Fsp3) is 0.273. The first-order valence-electron chi connectivity index (χ1n) is 8.43. The number of rotatable bonds is 4. The first-order chi connectivity index (χ1) is 11.8. The SMILES string of the molecule is N#CC(C#N)=C(c1ccccc1)C1(Cc2ccccc2)CCCC1. The van der Waals surface area contributed by atoms with Crippen molar-refractivity contribution < 1.29 is 0 Å². The molecule has 2 heteroatoms. The summed E-state index contributed by atoms with van der Waals surface area (Å²) in [5.41, 5.74) is 3.36. The molecule has 0 aliphatic heterocycles. The van der Waals surface area contributed by atoms with Crippen molar-refractivity contribution in [1.29, 1.82) is 10.5 Å². The quantitative estimate of drug-likeness (QED) is 0.720. The standard InChI is InChI=1S/C22H20N2/c23-16-20(17-24)21(19-11-5-2-6-12-19)22(13-7-8-14-22)15-18-9-3-1-4-10-18/h1-6,9-12H,7-8,13-15H2. The maximum atomic E-state index is 9.57. The molecule has 0 unspecified atom stereocenters. The summed E-state index contributed by atoms with van der Waals surface area (Å²) in [6, 6.07) is 24.7. The number of benzene rings is 2. The molecule has 0 spiro atoms. The molecule has 0 amide bonds. The molecule has 0 atom stereocenters. The van der Waals surface area contributed by atoms with Crippen molar-refractivity contribution in [2.75, 3.05) is 0 Å². The third-order valence-corrected chi connectivity index (χ3v) is 5.01. The second-order valence-electron chi connectivity index (χ2n) is 6.49. The number of nitriles is 2. The lowest BCUT2D eigenvalue weighted by atomic mass is 9.69. The lowest BCUT2D eigenvalue weighted by Crippen LogP contribution is -2.23. The second kappa shape index (κ2) is 7.16. The molecule has 0 saturated heterocycles. The van der Waals surface area contributed by atoms with Crippen molar-refractivity contribution >= 4 is 5.57 Å². The molecule has 3 rings (SSSR count). The van der Waals surface area contributed by atoms with Crippen molar-refractivity contribution in [3.05, 3.63) is 77.4 Å². The van der Waals surface area contributed by atoms with E-state index in [2.05, 4.69) is 36.4 Å². The summed E-state index contributed by atoms with van der Waals surface area (Å²) in [7, 11) is 0. The van der Waals surface area contributed by atoms with Gasteiger partial charge in [0.25, 0.3) is 0 Å². The van der Waals surface area contributed by atoms with E-state index in [1.165, 1.54) is 5.56 Å². The Hall–Kier alpha value is -2.84. The summed E-state index contributed by atoms with van der Waals surface area (Å²) < 4.78 is 0. The van der Waals surface area contributed by atoms with Crippen molar-refractivity contribution in [1.82, 2.24) is 0 Å². The Kier molecular flexibility index (Phi) is 4.78. The van der Waals surface area contributed by atoms with Gasteiger partial charge in [-0.2, -0.15) is 10.5 Å². The molecule has 0 bridgehead atoms. The zero-order valence-electron chi connectivity index (χ0n) is 13.7. The van der Waals surface area contributed by atoms with E-state index < -0.39 is 0 Å². The first kappa shape index (κ1) is 16.0. The van der Waals surface area contributed by atoms with Crippen LogP contribution in [0, 0.1) is 28.1 Å². The molecule has 2 aromatic rings. The van der Waals surface area contributed by atoms with Crippen LogP contribution >= 0.6 is 0 Å². The lowest BCUT2D eigenvalue weighted by molar-refractivity contribution is 0.411. The smallest absolute Gasteiger partial charge is 0.134 e. The Bertz CT molecular complexity index is 783. The van der Waals surface area contributed by atoms with Crippen molar-refractivity contribution in [3.63, 3.8) is 0 Å². The lowest BCUT2D eigenvalue weighted by Gasteiger charge is -2.33. The molecule has 118 valence electrons. The fourth-order valence-electron chi connectivity index (χ4n) is 4.01. The molecular weight excluding hydrogens is 292 g/mol. The highest BCUT2D eigenvalue weighted by molar-refractivity contribution is 5.79. The van der Waals surface area contributed by atoms with Gasteiger partial charge in [0.15, 0.2) is 0 Å². The molecule has 2 aromatic carbocycles. The van der Waals surface area contributed by atoms with E-state index in [0.717, 1.165) is 43.2 Å². The predicted octanol–water partition coefficient (Wildman–Crippen LogP) is 5.29. The summed E-state index contributed by atoms with van der Waals surface area (Å²) >= 11 is 0. The van der Waals surface area contributed by atoms with Gasteiger partial charge in [0.2, 0.25) is 0 Å². The van der Waals surface area contributed by atoms with Gasteiger partial charge in [0, 0.05) is 5.41 Å². The van der Waals surface area contributed by atoms with Crippen LogP contribution in [0.15, 0.2) is 66.2 Å². The van der Waals surface area contributed by atoms with Crippen LogP contribution in [0.2, 0.25) is 0 Å². The number of hydrogen-bond acceptors (Lipinski definition) is 2. The van der Waals surface area contributed by atoms with E-state index in [1.807, 2.05) is 36.4 Å². The maximum Gasteiger partial charge on any atom is 0.134 e. The molecule has 1 aliphatic rings. The summed E-state index contributed by atoms with van der Waals surface area (Å²) in [5.74, 6) is 0. The second-order valence-corrected chi connectivity index (χ2v) is 6.49. The van der Waals surface area contributed by atoms with Crippen LogP contribution in [-0.2, 0) is 6.42 Å². The Morgan fingerprint density at radius 1 is 0.833 bits per heavy atom. The topological polar surface area (TPSA) is 47.6 Å². The molecule has 2 nitrogen and oxygen atoms in total. The van der Waals surface area contributed by atoms with Gasteiger partial charge in [-0.15, -0.1) is 0 Å². The maximum absolute atomic E-state index is 9.57. The third-order valence-electron chi connectivity index (χ3n) is 5.01. The summed E-state index contributed by atoms with van der Waals surface area (Å²) in [4.78, 5) is 0. The van der Waals surface area contributed by atoms with Crippen LogP contribution in [0.25, 0.3) is 5.57 Å². The highest BCUT2D eigenvalue weighted by Gasteiger charge is 2.40. The van der Waals surface area contributed by atoms with Crippen LogP contribution in [0.1, 0.15) is 36.8 Å². The zero-order valence-corrected chi connectivity index (χ0v) is 13.7. The average Bonchev–Trinajstić information content (AvgIpc) is 3.10. The zero-order chi connectivity index (χ0) is 16.8. The van der Waals surface area contributed by atoms with Crippen LogP contribution < -0.4 is 0 Å². The molecule has 0 heterocycles. The predicted molar refractivity (Wildman–Crippen MR) is 95.6 cm³/mol. The van der Waals surface area contributed by atoms with Crippen molar-refractivity contribution in [2.24, 2.45) is 5.41 Å². The molecule has 1 fully saturated rings. The van der Waals surface area contributed by atoms with Crippen LogP contribution in [0.5, 0.6) is 0 Å². The number of nitrogens with zero attached hydrogens (tertiary/aromatic N) is 2. The summed E-state index contributed by atoms with van der Waals surface area (Å²) in [6.07, 6.45) is 5.23. The largest absolute Gasteiger partial charge is 0.192 e. The third kappa shape index (κ3) is 3.10. The Morgan fingerprint density at radius 2 is 1.38 bits per heavy atom. The Balaban J connectivity index is 2.15. The van der Waals surface area contributed by atoms with E-state index in [-0.39, 0.29) is 11.0 Å². The summed E-state index contributed by atoms with van der Waals surface area (Å²) in [6.45, 7) is 0. The molecule has 1 aliphatic carbocycles. The molecule has 0 N–H and O–H groups in total. The van der Waals surface area contributed by atoms with E-state index in [1.54, 1.807) is 0 Å². The average molecular weight is 312 g/mol. The van der Waals surface area contributed by atoms with E-state index in [9.17, 15) is 10.5 Å². The van der Waals surface area contributed by atoms with Crippen LogP contribution in [0.3, 0.4) is 0 Å². The first-order valence-corrected chi connectivity index (χ1v) is 8.43. The number of hydrogen-bond donors (Lipinski definition) is 0. The summed E-state index contributed by atoms with van der Waals surface area (Å²) in [5, 5.41) is 19.1. The minimum Gasteiger partial charge on any atom is -0.192 e. The van der Waals surface area contributed by atoms with Gasteiger partial charge in [-0.25, -0.2) is 0 Å². The molecule has 0 radical (unpaired) electrons. The minimum atomic E-state index is -0.122. The van der Waals surface area contributed by atoms with Crippen molar-refractivity contribution in [3.8, 4) is 12.1 Å². The van der Waals surface area contributed by atoms with Crippen LogP contribution in [-0.4, -0.2) is 0 Å². The van der Waals surface area contributed by atoms with Gasteiger partial charge in [-0.1, -0.05) is 73.5 Å². The van der Waals surface area contributed by atoms with E-state index in [4.69, 9.17) is 0 Å². The molecule has 1 saturated carbocycles. The Labute approximate surface area is 143 Å². The van der Waals surface area contributed by atoms with Crippen LogP contribution in [0.4, 0.5) is 0 Å². The number of allylic oxidation sites excluding steroid dienone is 2. The minimum absolute atomic E-state index is 0.122. The van der Waals surface area contributed by atoms with E-state index >= 15 is 0 Å².